The zero-order chi connectivity index (χ0) is 16.7. The summed E-state index contributed by atoms with van der Waals surface area (Å²) in [6, 6.07) is 3.89. The fraction of sp³-hybridized carbons (Fsp3) is 0.571. The number of piperazine rings is 1. The average Bonchev–Trinajstić information content (AvgIpc) is 2.41. The summed E-state index contributed by atoms with van der Waals surface area (Å²) in [5.41, 5.74) is -1.12. The number of hydrogen-bond donors (Lipinski definition) is 0. The smallest absolute Gasteiger partial charge is 0.301 e. The minimum Gasteiger partial charge on any atom is -0.301 e. The zero-order valence-electron chi connectivity index (χ0n) is 12.6. The van der Waals surface area contributed by atoms with Crippen LogP contribution in [0.2, 0.25) is 0 Å². The normalized spacial score (nSPS) is 25.4. The van der Waals surface area contributed by atoms with Crippen LogP contribution in [0.3, 0.4) is 0 Å². The number of nitrogens with zero attached hydrogens (tertiary/aromatic N) is 2. The number of hydrogen-bond acceptors (Lipinski definition) is 3. The summed E-state index contributed by atoms with van der Waals surface area (Å²) in [7, 11) is -2.32. The van der Waals surface area contributed by atoms with Crippen LogP contribution in [0.5, 0.6) is 0 Å². The van der Waals surface area contributed by atoms with Gasteiger partial charge in [0.25, 0.3) is 0 Å². The molecule has 4 nitrogen and oxygen atoms in total. The maximum Gasteiger partial charge on any atom is 0.417 e. The second kappa shape index (κ2) is 5.82. The standard InChI is InChI=1S/C14H19F3N2O2S/c1-10-9-19(11(2)8-18(10)3)22(20,21)13-7-5-4-6-12(13)14(15,16)17/h4-7,10-11H,8-9H2,1-3H3/t10-,11+/m1/s1. The lowest BCUT2D eigenvalue weighted by atomic mass is 10.2. The molecule has 1 heterocycles. The number of alkyl halides is 3. The summed E-state index contributed by atoms with van der Waals surface area (Å²) in [5.74, 6) is 0. The summed E-state index contributed by atoms with van der Waals surface area (Å²) in [6.45, 7) is 4.21. The predicted octanol–water partition coefficient (Wildman–Crippen LogP) is 2.42. The summed E-state index contributed by atoms with van der Waals surface area (Å²) in [4.78, 5) is 1.32. The lowest BCUT2D eigenvalue weighted by Gasteiger charge is -2.41. The van der Waals surface area contributed by atoms with Crippen molar-refractivity contribution in [1.29, 1.82) is 0 Å². The van der Waals surface area contributed by atoms with E-state index in [-0.39, 0.29) is 18.6 Å². The molecule has 0 radical (unpaired) electrons. The van der Waals surface area contributed by atoms with Gasteiger partial charge in [-0.25, -0.2) is 8.42 Å². The Balaban J connectivity index is 2.48. The minimum absolute atomic E-state index is 0.0518. The van der Waals surface area contributed by atoms with Gasteiger partial charge >= 0.3 is 6.18 Å². The van der Waals surface area contributed by atoms with Gasteiger partial charge in [0.15, 0.2) is 0 Å². The Labute approximate surface area is 128 Å². The quantitative estimate of drug-likeness (QED) is 0.833. The summed E-state index contributed by atoms with van der Waals surface area (Å²) < 4.78 is 65.9. The molecule has 22 heavy (non-hydrogen) atoms. The molecule has 1 aromatic rings. The Morgan fingerprint density at radius 3 is 2.27 bits per heavy atom. The van der Waals surface area contributed by atoms with E-state index in [1.807, 2.05) is 18.9 Å². The molecule has 0 bridgehead atoms. The first-order valence-electron chi connectivity index (χ1n) is 6.93. The first-order chi connectivity index (χ1) is 10.0. The minimum atomic E-state index is -4.70. The van der Waals surface area contributed by atoms with E-state index in [4.69, 9.17) is 0 Å². The van der Waals surface area contributed by atoms with Crippen LogP contribution in [0, 0.1) is 0 Å². The van der Waals surface area contributed by atoms with Gasteiger partial charge in [0, 0.05) is 25.2 Å². The highest BCUT2D eigenvalue weighted by Crippen LogP contribution is 2.36. The van der Waals surface area contributed by atoms with Crippen molar-refractivity contribution in [2.24, 2.45) is 0 Å². The molecule has 1 aliphatic rings. The molecule has 2 rings (SSSR count). The van der Waals surface area contributed by atoms with Crippen molar-refractivity contribution in [3.8, 4) is 0 Å². The van der Waals surface area contributed by atoms with Crippen molar-refractivity contribution in [2.45, 2.75) is 37.0 Å². The summed E-state index contributed by atoms with van der Waals surface area (Å²) in [6.07, 6.45) is -4.70. The van der Waals surface area contributed by atoms with Crippen LogP contribution in [0.15, 0.2) is 29.2 Å². The molecular weight excluding hydrogens is 317 g/mol. The number of halogens is 3. The van der Waals surface area contributed by atoms with Gasteiger partial charge in [-0.3, -0.25) is 0 Å². The fourth-order valence-electron chi connectivity index (χ4n) is 2.65. The van der Waals surface area contributed by atoms with Gasteiger partial charge in [-0.15, -0.1) is 0 Å². The van der Waals surface area contributed by atoms with Crippen molar-refractivity contribution in [3.05, 3.63) is 29.8 Å². The molecule has 0 saturated carbocycles. The highest BCUT2D eigenvalue weighted by Gasteiger charge is 2.41. The van der Waals surface area contributed by atoms with E-state index in [9.17, 15) is 21.6 Å². The molecule has 0 spiro atoms. The fourth-order valence-corrected chi connectivity index (χ4v) is 4.57. The number of benzene rings is 1. The SMILES string of the molecule is C[C@@H]1CN(S(=O)(=O)c2ccccc2C(F)(F)F)[C@@H](C)CN1C. The largest absolute Gasteiger partial charge is 0.417 e. The van der Waals surface area contributed by atoms with Gasteiger partial charge in [-0.05, 0) is 33.0 Å². The third kappa shape index (κ3) is 3.13. The maximum absolute atomic E-state index is 13.1. The third-order valence-corrected chi connectivity index (χ3v) is 6.06. The first kappa shape index (κ1) is 17.2. The van der Waals surface area contributed by atoms with Crippen LogP contribution >= 0.6 is 0 Å². The number of rotatable bonds is 2. The molecular formula is C14H19F3N2O2S. The second-order valence-electron chi connectivity index (χ2n) is 5.71. The van der Waals surface area contributed by atoms with E-state index in [2.05, 4.69) is 0 Å². The Bertz CT molecular complexity index is 646. The predicted molar refractivity (Wildman–Crippen MR) is 76.9 cm³/mol. The van der Waals surface area contributed by atoms with E-state index in [0.29, 0.717) is 6.54 Å². The van der Waals surface area contributed by atoms with Crippen LogP contribution in [0.1, 0.15) is 19.4 Å². The molecule has 1 aliphatic heterocycles. The van der Waals surface area contributed by atoms with Crippen LogP contribution in [0.25, 0.3) is 0 Å². The van der Waals surface area contributed by atoms with Crippen molar-refractivity contribution >= 4 is 10.0 Å². The molecule has 0 amide bonds. The highest BCUT2D eigenvalue weighted by molar-refractivity contribution is 7.89. The molecule has 1 saturated heterocycles. The van der Waals surface area contributed by atoms with Crippen LogP contribution < -0.4 is 0 Å². The highest BCUT2D eigenvalue weighted by atomic mass is 32.2. The third-order valence-electron chi connectivity index (χ3n) is 4.02. The number of likely N-dealkylation sites (N-methyl/N-ethyl adjacent to an activating group) is 1. The number of sulfonamides is 1. The van der Waals surface area contributed by atoms with Gasteiger partial charge in [0.2, 0.25) is 10.0 Å². The van der Waals surface area contributed by atoms with Crippen molar-refractivity contribution < 1.29 is 21.6 Å². The van der Waals surface area contributed by atoms with Crippen LogP contribution in [0.4, 0.5) is 13.2 Å². The van der Waals surface area contributed by atoms with Gasteiger partial charge < -0.3 is 4.90 Å². The molecule has 0 N–H and O–H groups in total. The van der Waals surface area contributed by atoms with Crippen molar-refractivity contribution in [3.63, 3.8) is 0 Å². The Morgan fingerprint density at radius 2 is 1.68 bits per heavy atom. The topological polar surface area (TPSA) is 40.6 Å². The molecule has 2 atom stereocenters. The Kier molecular flexibility index (Phi) is 4.56. The zero-order valence-corrected chi connectivity index (χ0v) is 13.4. The van der Waals surface area contributed by atoms with Crippen LogP contribution in [-0.4, -0.2) is 49.8 Å². The lowest BCUT2D eigenvalue weighted by Crippen LogP contribution is -2.56. The van der Waals surface area contributed by atoms with E-state index >= 15 is 0 Å². The van der Waals surface area contributed by atoms with E-state index in [1.165, 1.54) is 16.4 Å². The molecule has 124 valence electrons. The lowest BCUT2D eigenvalue weighted by molar-refractivity contribution is -0.139. The molecule has 0 aromatic heterocycles. The summed E-state index contributed by atoms with van der Waals surface area (Å²) >= 11 is 0. The van der Waals surface area contributed by atoms with E-state index in [0.717, 1.165) is 12.1 Å². The monoisotopic (exact) mass is 336 g/mol. The van der Waals surface area contributed by atoms with Crippen LogP contribution in [-0.2, 0) is 16.2 Å². The Morgan fingerprint density at radius 1 is 1.09 bits per heavy atom. The maximum atomic E-state index is 13.1. The van der Waals surface area contributed by atoms with E-state index in [1.54, 1.807) is 6.92 Å². The van der Waals surface area contributed by atoms with Crippen molar-refractivity contribution in [1.82, 2.24) is 9.21 Å². The average molecular weight is 336 g/mol. The van der Waals surface area contributed by atoms with Gasteiger partial charge in [0.1, 0.15) is 0 Å². The molecule has 8 heteroatoms. The molecule has 1 fully saturated rings. The molecule has 0 unspecified atom stereocenters. The van der Waals surface area contributed by atoms with Gasteiger partial charge in [-0.1, -0.05) is 12.1 Å². The molecule has 1 aromatic carbocycles. The first-order valence-corrected chi connectivity index (χ1v) is 8.37. The van der Waals surface area contributed by atoms with Gasteiger partial charge in [0.05, 0.1) is 10.5 Å². The molecule has 0 aliphatic carbocycles. The summed E-state index contributed by atoms with van der Waals surface area (Å²) in [5, 5.41) is 0. The Hall–Kier alpha value is -1.12. The second-order valence-corrected chi connectivity index (χ2v) is 7.57. The van der Waals surface area contributed by atoms with E-state index < -0.39 is 26.7 Å². The van der Waals surface area contributed by atoms with Gasteiger partial charge in [-0.2, -0.15) is 17.5 Å². The van der Waals surface area contributed by atoms with Crippen molar-refractivity contribution in [2.75, 3.05) is 20.1 Å².